The zero-order valence-corrected chi connectivity index (χ0v) is 20.3. The molecule has 35 heavy (non-hydrogen) atoms. The molecule has 0 saturated carbocycles. The molecular formula is C25H23ClFN5O2S. The smallest absolute Gasteiger partial charge is 0.275 e. The number of rotatable bonds is 5. The first-order valence-corrected chi connectivity index (χ1v) is 12.6. The summed E-state index contributed by atoms with van der Waals surface area (Å²) >= 11 is 7.50. The van der Waals surface area contributed by atoms with Crippen molar-refractivity contribution in [3.63, 3.8) is 0 Å². The number of benzene rings is 2. The number of carbonyl (C=O) groups is 2. The summed E-state index contributed by atoms with van der Waals surface area (Å²) in [5.41, 5.74) is 1.89. The summed E-state index contributed by atoms with van der Waals surface area (Å²) in [4.78, 5) is 36.2. The van der Waals surface area contributed by atoms with Gasteiger partial charge in [-0.25, -0.2) is 9.37 Å². The number of amidine groups is 1. The first-order chi connectivity index (χ1) is 17.0. The average molecular weight is 512 g/mol. The van der Waals surface area contributed by atoms with Gasteiger partial charge >= 0.3 is 0 Å². The molecule has 1 saturated heterocycles. The van der Waals surface area contributed by atoms with Gasteiger partial charge in [0.2, 0.25) is 0 Å². The number of aromatic nitrogens is 1. The minimum absolute atomic E-state index is 0.0827. The Bertz CT molecular complexity index is 1280. The number of thiazole rings is 1. The zero-order chi connectivity index (χ0) is 24.4. The van der Waals surface area contributed by atoms with Crippen LogP contribution in [0.25, 0.3) is 0 Å². The average Bonchev–Trinajstić information content (AvgIpc) is 3.57. The number of halogens is 2. The van der Waals surface area contributed by atoms with E-state index in [0.29, 0.717) is 37.3 Å². The Labute approximate surface area is 211 Å². The summed E-state index contributed by atoms with van der Waals surface area (Å²) in [7, 11) is 0. The van der Waals surface area contributed by atoms with Crippen LogP contribution in [0.1, 0.15) is 50.2 Å². The van der Waals surface area contributed by atoms with E-state index in [9.17, 15) is 14.0 Å². The Morgan fingerprint density at radius 2 is 1.97 bits per heavy atom. The normalized spacial score (nSPS) is 16.1. The Morgan fingerprint density at radius 1 is 1.17 bits per heavy atom. The van der Waals surface area contributed by atoms with E-state index in [0.717, 1.165) is 29.5 Å². The Morgan fingerprint density at radius 3 is 2.71 bits per heavy atom. The molecule has 0 atom stereocenters. The lowest BCUT2D eigenvalue weighted by Gasteiger charge is -2.31. The van der Waals surface area contributed by atoms with Crippen LogP contribution in [-0.4, -0.2) is 53.7 Å². The lowest BCUT2D eigenvalue weighted by atomic mass is 9.97. The molecule has 1 fully saturated rings. The molecule has 0 radical (unpaired) electrons. The number of nitrogens with one attached hydrogen (secondary N) is 2. The highest BCUT2D eigenvalue weighted by Gasteiger charge is 2.29. The van der Waals surface area contributed by atoms with E-state index in [4.69, 9.17) is 11.6 Å². The molecule has 2 aliphatic rings. The molecule has 3 heterocycles. The molecule has 2 aromatic carbocycles. The van der Waals surface area contributed by atoms with E-state index in [1.54, 1.807) is 10.3 Å². The molecule has 7 nitrogen and oxygen atoms in total. The van der Waals surface area contributed by atoms with Gasteiger partial charge in [0, 0.05) is 42.2 Å². The Balaban J connectivity index is 1.20. The fourth-order valence-corrected chi connectivity index (χ4v) is 5.51. The van der Waals surface area contributed by atoms with Crippen molar-refractivity contribution in [2.24, 2.45) is 4.99 Å². The van der Waals surface area contributed by atoms with Crippen molar-refractivity contribution < 1.29 is 14.0 Å². The van der Waals surface area contributed by atoms with Gasteiger partial charge in [-0.05, 0) is 37.1 Å². The van der Waals surface area contributed by atoms with Gasteiger partial charge in [-0.1, -0.05) is 29.8 Å². The molecule has 2 amide bonds. The van der Waals surface area contributed by atoms with Crippen LogP contribution in [0.2, 0.25) is 5.02 Å². The van der Waals surface area contributed by atoms with Crippen molar-refractivity contribution in [1.82, 2.24) is 15.2 Å². The van der Waals surface area contributed by atoms with E-state index >= 15 is 0 Å². The highest BCUT2D eigenvalue weighted by molar-refractivity contribution is 7.10. The molecule has 10 heteroatoms. The van der Waals surface area contributed by atoms with E-state index in [1.807, 2.05) is 24.3 Å². The van der Waals surface area contributed by atoms with Crippen LogP contribution in [-0.2, 0) is 0 Å². The van der Waals surface area contributed by atoms with E-state index in [-0.39, 0.29) is 22.4 Å². The number of piperidine rings is 1. The lowest BCUT2D eigenvalue weighted by Crippen LogP contribution is -2.38. The minimum Gasteiger partial charge on any atom is -0.368 e. The highest BCUT2D eigenvalue weighted by Crippen LogP contribution is 2.32. The molecule has 0 aliphatic carbocycles. The van der Waals surface area contributed by atoms with Crippen LogP contribution in [0.15, 0.2) is 52.8 Å². The highest BCUT2D eigenvalue weighted by atomic mass is 35.5. The van der Waals surface area contributed by atoms with Gasteiger partial charge < -0.3 is 15.5 Å². The molecule has 0 unspecified atom stereocenters. The predicted molar refractivity (Wildman–Crippen MR) is 135 cm³/mol. The fourth-order valence-electron chi connectivity index (χ4n) is 4.30. The maximum atomic E-state index is 14.1. The van der Waals surface area contributed by atoms with Crippen LogP contribution in [0.3, 0.4) is 0 Å². The van der Waals surface area contributed by atoms with Gasteiger partial charge in [0.1, 0.15) is 17.3 Å². The van der Waals surface area contributed by atoms with Gasteiger partial charge in [-0.2, -0.15) is 0 Å². The summed E-state index contributed by atoms with van der Waals surface area (Å²) in [6.45, 7) is 2.51. The summed E-state index contributed by atoms with van der Waals surface area (Å²) in [5, 5.41) is 8.88. The second kappa shape index (κ2) is 10.1. The third-order valence-electron chi connectivity index (χ3n) is 6.13. The largest absolute Gasteiger partial charge is 0.368 e. The second-order valence-corrected chi connectivity index (χ2v) is 9.72. The number of hydrogen-bond donors (Lipinski definition) is 2. The summed E-state index contributed by atoms with van der Waals surface area (Å²) in [5.74, 6) is -0.312. The van der Waals surface area contributed by atoms with Crippen molar-refractivity contribution in [3.8, 4) is 0 Å². The summed E-state index contributed by atoms with van der Waals surface area (Å²) in [6.07, 6.45) is 1.37. The molecule has 180 valence electrons. The predicted octanol–water partition coefficient (Wildman–Crippen LogP) is 4.56. The van der Waals surface area contributed by atoms with Crippen LogP contribution in [0, 0.1) is 5.82 Å². The van der Waals surface area contributed by atoms with Crippen LogP contribution in [0.5, 0.6) is 0 Å². The summed E-state index contributed by atoms with van der Waals surface area (Å²) < 4.78 is 14.1. The lowest BCUT2D eigenvalue weighted by molar-refractivity contribution is 0.0708. The van der Waals surface area contributed by atoms with E-state index in [1.165, 1.54) is 29.5 Å². The molecule has 0 spiro atoms. The third-order valence-corrected chi connectivity index (χ3v) is 7.45. The first kappa shape index (κ1) is 23.4. The monoisotopic (exact) mass is 511 g/mol. The van der Waals surface area contributed by atoms with Gasteiger partial charge in [-0.15, -0.1) is 11.3 Å². The number of amides is 2. The Hall–Kier alpha value is -3.30. The van der Waals surface area contributed by atoms with Gasteiger partial charge in [0.15, 0.2) is 0 Å². The van der Waals surface area contributed by atoms with Crippen molar-refractivity contribution in [1.29, 1.82) is 0 Å². The molecule has 2 N–H and O–H groups in total. The number of hydrogen-bond acceptors (Lipinski definition) is 6. The molecule has 1 aromatic heterocycles. The number of aliphatic imine (C=N–C) groups is 1. The topological polar surface area (TPSA) is 86.7 Å². The molecule has 0 bridgehead atoms. The molecule has 3 aromatic rings. The van der Waals surface area contributed by atoms with Crippen LogP contribution >= 0.6 is 22.9 Å². The standard InChI is InChI=1S/C25H23ClFN5O2S/c26-18-5-2-6-19(27)21(18)25(34)32-11-7-15(8-12-32)24-31-20(14-35-24)23(33)30-17-4-1-3-16(13-17)22-28-9-10-29-22/h1-6,13-15H,7-12H2,(H,28,29)(H,30,33). The number of anilines is 1. The number of likely N-dealkylation sites (tertiary alicyclic amines) is 1. The van der Waals surface area contributed by atoms with Crippen molar-refractivity contribution in [3.05, 3.63) is 80.5 Å². The Kier molecular flexibility index (Phi) is 6.79. The van der Waals surface area contributed by atoms with Crippen molar-refractivity contribution >= 4 is 46.3 Å². The van der Waals surface area contributed by atoms with E-state index in [2.05, 4.69) is 20.6 Å². The van der Waals surface area contributed by atoms with Crippen LogP contribution in [0.4, 0.5) is 10.1 Å². The SMILES string of the molecule is O=C(Nc1cccc(C2=NCCN2)c1)c1csc(C2CCN(C(=O)c3c(F)cccc3Cl)CC2)n1. The third kappa shape index (κ3) is 5.06. The summed E-state index contributed by atoms with van der Waals surface area (Å²) in [6, 6.07) is 11.8. The maximum absolute atomic E-state index is 14.1. The van der Waals surface area contributed by atoms with Crippen molar-refractivity contribution in [2.45, 2.75) is 18.8 Å². The molecular weight excluding hydrogens is 489 g/mol. The first-order valence-electron chi connectivity index (χ1n) is 11.4. The molecule has 5 rings (SSSR count). The van der Waals surface area contributed by atoms with Crippen LogP contribution < -0.4 is 10.6 Å². The molecule has 2 aliphatic heterocycles. The number of carbonyl (C=O) groups excluding carboxylic acids is 2. The van der Waals surface area contributed by atoms with Gasteiger partial charge in [0.05, 0.1) is 22.1 Å². The zero-order valence-electron chi connectivity index (χ0n) is 18.8. The fraction of sp³-hybridized carbons (Fsp3) is 0.280. The second-order valence-electron chi connectivity index (χ2n) is 8.43. The van der Waals surface area contributed by atoms with Gasteiger partial charge in [-0.3, -0.25) is 14.6 Å². The minimum atomic E-state index is -0.613. The van der Waals surface area contributed by atoms with Gasteiger partial charge in [0.25, 0.3) is 11.8 Å². The quantitative estimate of drug-likeness (QED) is 0.526. The van der Waals surface area contributed by atoms with E-state index < -0.39 is 11.7 Å². The maximum Gasteiger partial charge on any atom is 0.275 e. The number of nitrogens with zero attached hydrogens (tertiary/aromatic N) is 3. The van der Waals surface area contributed by atoms with Crippen molar-refractivity contribution in [2.75, 3.05) is 31.5 Å².